The van der Waals surface area contributed by atoms with Crippen LogP contribution in [0.5, 0.6) is 0 Å². The molecule has 152 valence electrons. The van der Waals surface area contributed by atoms with E-state index in [9.17, 15) is 14.4 Å². The number of benzene rings is 1. The van der Waals surface area contributed by atoms with Crippen LogP contribution >= 0.6 is 0 Å². The molecule has 1 saturated carbocycles. The normalized spacial score (nSPS) is 18.6. The zero-order chi connectivity index (χ0) is 20.3. The molecule has 1 spiro atoms. The Bertz CT molecular complexity index is 771. The lowest BCUT2D eigenvalue weighted by molar-refractivity contribution is -0.140. The molecule has 0 radical (unpaired) electrons. The molecule has 7 heteroatoms. The first-order valence-electron chi connectivity index (χ1n) is 10.0. The number of amides is 4. The number of nitrogens with zero attached hydrogens (tertiary/aromatic N) is 2. The van der Waals surface area contributed by atoms with E-state index in [1.807, 2.05) is 7.05 Å². The molecule has 1 heterocycles. The van der Waals surface area contributed by atoms with Gasteiger partial charge < -0.3 is 10.2 Å². The van der Waals surface area contributed by atoms with Gasteiger partial charge in [0.2, 0.25) is 5.91 Å². The minimum atomic E-state index is -0.817. The van der Waals surface area contributed by atoms with Crippen molar-refractivity contribution in [1.29, 1.82) is 0 Å². The van der Waals surface area contributed by atoms with E-state index in [1.165, 1.54) is 16.7 Å². The number of hydrogen-bond donors (Lipinski definition) is 2. The van der Waals surface area contributed by atoms with E-state index in [-0.39, 0.29) is 18.2 Å². The van der Waals surface area contributed by atoms with Crippen LogP contribution in [-0.2, 0) is 16.1 Å². The minimum absolute atomic E-state index is 0.214. The topological polar surface area (TPSA) is 81.8 Å². The third kappa shape index (κ3) is 4.35. The van der Waals surface area contributed by atoms with Crippen molar-refractivity contribution in [3.63, 3.8) is 0 Å². The number of carbonyl (C=O) groups is 3. The van der Waals surface area contributed by atoms with E-state index in [2.05, 4.69) is 47.7 Å². The summed E-state index contributed by atoms with van der Waals surface area (Å²) in [7, 11) is 1.96. The number of hydrogen-bond acceptors (Lipinski definition) is 4. The zero-order valence-corrected chi connectivity index (χ0v) is 17.0. The molecular weight excluding hydrogens is 356 g/mol. The Kier molecular flexibility index (Phi) is 6.03. The summed E-state index contributed by atoms with van der Waals surface area (Å²) in [5, 5.41) is 3.67. The van der Waals surface area contributed by atoms with Gasteiger partial charge >= 0.3 is 6.03 Å². The highest BCUT2D eigenvalue weighted by atomic mass is 16.2. The van der Waals surface area contributed by atoms with Gasteiger partial charge in [-0.1, -0.05) is 43.0 Å². The molecule has 0 aromatic heterocycles. The molecule has 7 nitrogen and oxygen atoms in total. The van der Waals surface area contributed by atoms with Crippen LogP contribution in [0.4, 0.5) is 4.79 Å². The fraction of sp³-hybridized carbons (Fsp3) is 0.571. The zero-order valence-electron chi connectivity index (χ0n) is 17.0. The standard InChI is InChI=1S/C21H30N4O3/c1-15-7-8-17(16(2)13-15)14-24(3)12-9-18(26)23-25-19(27)21(22-20(25)28)10-5-4-6-11-21/h7-8,13H,4-6,9-12,14H2,1-3H3,(H,22,28)(H,23,26). The van der Waals surface area contributed by atoms with Gasteiger partial charge in [-0.2, -0.15) is 5.01 Å². The second-order valence-corrected chi connectivity index (χ2v) is 8.17. The molecule has 0 bridgehead atoms. The van der Waals surface area contributed by atoms with Crippen LogP contribution in [-0.4, -0.2) is 46.9 Å². The number of rotatable bonds is 6. The number of aryl methyl sites for hydroxylation is 2. The third-order valence-corrected chi connectivity index (χ3v) is 5.76. The molecule has 4 amide bonds. The van der Waals surface area contributed by atoms with Crippen molar-refractivity contribution in [3.05, 3.63) is 34.9 Å². The van der Waals surface area contributed by atoms with Crippen LogP contribution in [0, 0.1) is 13.8 Å². The summed E-state index contributed by atoms with van der Waals surface area (Å²) in [6.07, 6.45) is 4.40. The second-order valence-electron chi connectivity index (χ2n) is 8.17. The number of imide groups is 1. The molecule has 0 unspecified atom stereocenters. The predicted molar refractivity (Wildman–Crippen MR) is 106 cm³/mol. The summed E-state index contributed by atoms with van der Waals surface area (Å²) in [6, 6.07) is 5.82. The summed E-state index contributed by atoms with van der Waals surface area (Å²) >= 11 is 0. The molecule has 2 aliphatic rings. The number of carbonyl (C=O) groups excluding carboxylic acids is 3. The number of urea groups is 1. The Morgan fingerprint density at radius 1 is 1.21 bits per heavy atom. The van der Waals surface area contributed by atoms with E-state index in [4.69, 9.17) is 0 Å². The first kappa shape index (κ1) is 20.3. The summed E-state index contributed by atoms with van der Waals surface area (Å²) < 4.78 is 0. The SMILES string of the molecule is Cc1ccc(CN(C)CCC(=O)NN2C(=O)NC3(CCCCC3)C2=O)c(C)c1. The lowest BCUT2D eigenvalue weighted by Crippen LogP contribution is -2.51. The summed E-state index contributed by atoms with van der Waals surface area (Å²) in [4.78, 5) is 39.3. The van der Waals surface area contributed by atoms with Crippen molar-refractivity contribution < 1.29 is 14.4 Å². The van der Waals surface area contributed by atoms with E-state index >= 15 is 0 Å². The molecular formula is C21H30N4O3. The van der Waals surface area contributed by atoms with Gasteiger partial charge in [0.05, 0.1) is 0 Å². The van der Waals surface area contributed by atoms with Crippen molar-refractivity contribution in [1.82, 2.24) is 20.7 Å². The van der Waals surface area contributed by atoms with Gasteiger partial charge in [0, 0.05) is 19.5 Å². The molecule has 3 rings (SSSR count). The first-order valence-corrected chi connectivity index (χ1v) is 10.0. The predicted octanol–water partition coefficient (Wildman–Crippen LogP) is 2.41. The monoisotopic (exact) mass is 386 g/mol. The Morgan fingerprint density at radius 3 is 2.61 bits per heavy atom. The molecule has 1 aromatic rings. The van der Waals surface area contributed by atoms with Crippen molar-refractivity contribution in [3.8, 4) is 0 Å². The van der Waals surface area contributed by atoms with Crippen molar-refractivity contribution in [2.75, 3.05) is 13.6 Å². The van der Waals surface area contributed by atoms with Crippen LogP contribution in [0.25, 0.3) is 0 Å². The molecule has 1 aliphatic carbocycles. The Hall–Kier alpha value is -2.41. The van der Waals surface area contributed by atoms with Gasteiger partial charge in [-0.3, -0.25) is 15.0 Å². The summed E-state index contributed by atoms with van der Waals surface area (Å²) in [6.45, 7) is 5.43. The van der Waals surface area contributed by atoms with Crippen molar-refractivity contribution in [2.24, 2.45) is 0 Å². The number of nitrogens with one attached hydrogen (secondary N) is 2. The lowest BCUT2D eigenvalue weighted by atomic mass is 9.82. The average molecular weight is 386 g/mol. The van der Waals surface area contributed by atoms with Gasteiger partial charge in [-0.25, -0.2) is 4.79 Å². The maximum atomic E-state index is 12.7. The van der Waals surface area contributed by atoms with Gasteiger partial charge in [0.25, 0.3) is 5.91 Å². The van der Waals surface area contributed by atoms with Crippen molar-refractivity contribution >= 4 is 17.8 Å². The maximum Gasteiger partial charge on any atom is 0.344 e. The van der Waals surface area contributed by atoms with Gasteiger partial charge in [0.1, 0.15) is 5.54 Å². The number of hydrazine groups is 1. The van der Waals surface area contributed by atoms with Crippen LogP contribution in [0.2, 0.25) is 0 Å². The first-order chi connectivity index (χ1) is 13.3. The molecule has 28 heavy (non-hydrogen) atoms. The lowest BCUT2D eigenvalue weighted by Gasteiger charge is -2.30. The highest BCUT2D eigenvalue weighted by Gasteiger charge is 2.52. The van der Waals surface area contributed by atoms with Gasteiger partial charge in [-0.05, 0) is 44.9 Å². The molecule has 1 saturated heterocycles. The second kappa shape index (κ2) is 8.31. The fourth-order valence-electron chi connectivity index (χ4n) is 4.08. The van der Waals surface area contributed by atoms with E-state index in [0.717, 1.165) is 30.8 Å². The van der Waals surface area contributed by atoms with E-state index < -0.39 is 11.6 Å². The van der Waals surface area contributed by atoms with Crippen LogP contribution < -0.4 is 10.7 Å². The minimum Gasteiger partial charge on any atom is -0.322 e. The third-order valence-electron chi connectivity index (χ3n) is 5.76. The average Bonchev–Trinajstić information content (AvgIpc) is 2.87. The molecule has 1 aromatic carbocycles. The maximum absolute atomic E-state index is 12.7. The van der Waals surface area contributed by atoms with Gasteiger partial charge in [0.15, 0.2) is 0 Å². The van der Waals surface area contributed by atoms with Crippen molar-refractivity contribution in [2.45, 2.75) is 64.5 Å². The molecule has 0 atom stereocenters. The van der Waals surface area contributed by atoms with E-state index in [0.29, 0.717) is 19.4 Å². The van der Waals surface area contributed by atoms with Gasteiger partial charge in [-0.15, -0.1) is 0 Å². The Morgan fingerprint density at radius 2 is 1.93 bits per heavy atom. The molecule has 2 fully saturated rings. The Balaban J connectivity index is 1.50. The molecule has 2 N–H and O–H groups in total. The highest BCUT2D eigenvalue weighted by molar-refractivity contribution is 6.08. The quantitative estimate of drug-likeness (QED) is 0.736. The van der Waals surface area contributed by atoms with Crippen LogP contribution in [0.1, 0.15) is 55.2 Å². The molecule has 1 aliphatic heterocycles. The highest BCUT2D eigenvalue weighted by Crippen LogP contribution is 2.32. The van der Waals surface area contributed by atoms with E-state index in [1.54, 1.807) is 0 Å². The summed E-state index contributed by atoms with van der Waals surface area (Å²) in [5.74, 6) is -0.655. The summed E-state index contributed by atoms with van der Waals surface area (Å²) in [5.41, 5.74) is 5.36. The largest absolute Gasteiger partial charge is 0.344 e. The van der Waals surface area contributed by atoms with Crippen LogP contribution in [0.3, 0.4) is 0 Å². The Labute approximate surface area is 166 Å². The van der Waals surface area contributed by atoms with Crippen LogP contribution in [0.15, 0.2) is 18.2 Å². The smallest absolute Gasteiger partial charge is 0.322 e. The fourth-order valence-corrected chi connectivity index (χ4v) is 4.08.